The fourth-order valence-corrected chi connectivity index (χ4v) is 5.59. The van der Waals surface area contributed by atoms with E-state index < -0.39 is 10.0 Å². The zero-order valence-corrected chi connectivity index (χ0v) is 17.1. The average Bonchev–Trinajstić information content (AvgIpc) is 3.43. The summed E-state index contributed by atoms with van der Waals surface area (Å²) < 4.78 is 29.3. The summed E-state index contributed by atoms with van der Waals surface area (Å²) >= 11 is 1.20. The highest BCUT2D eigenvalue weighted by atomic mass is 32.2. The van der Waals surface area contributed by atoms with E-state index in [4.69, 9.17) is 0 Å². The third-order valence-electron chi connectivity index (χ3n) is 4.83. The number of nitrogens with zero attached hydrogens (tertiary/aromatic N) is 5. The van der Waals surface area contributed by atoms with E-state index in [0.717, 1.165) is 11.3 Å². The fourth-order valence-electron chi connectivity index (χ4n) is 3.27. The molecule has 1 amide bonds. The van der Waals surface area contributed by atoms with Crippen molar-refractivity contribution in [1.29, 1.82) is 0 Å². The largest absolute Gasteiger partial charge is 0.342 e. The van der Waals surface area contributed by atoms with Crippen molar-refractivity contribution in [3.8, 4) is 5.69 Å². The lowest BCUT2D eigenvalue weighted by molar-refractivity contribution is -0.131. The second kappa shape index (κ2) is 8.39. The van der Waals surface area contributed by atoms with E-state index >= 15 is 0 Å². The van der Waals surface area contributed by atoms with Crippen LogP contribution >= 0.6 is 11.3 Å². The number of piperidine rings is 1. The molecule has 4 rings (SSSR count). The molecule has 29 heavy (non-hydrogen) atoms. The van der Waals surface area contributed by atoms with E-state index in [-0.39, 0.29) is 11.9 Å². The highest BCUT2D eigenvalue weighted by Crippen LogP contribution is 2.19. The molecule has 1 aromatic carbocycles. The molecule has 2 aromatic heterocycles. The van der Waals surface area contributed by atoms with Gasteiger partial charge in [-0.3, -0.25) is 4.79 Å². The normalized spacial score (nSPS) is 15.5. The Morgan fingerprint density at radius 2 is 1.93 bits per heavy atom. The van der Waals surface area contributed by atoms with Crippen molar-refractivity contribution >= 4 is 27.3 Å². The molecular formula is C18H20N6O3S2. The molecule has 0 unspecified atom stereocenters. The van der Waals surface area contributed by atoms with Crippen LogP contribution in [0.1, 0.15) is 18.4 Å². The van der Waals surface area contributed by atoms with Crippen LogP contribution in [-0.4, -0.2) is 58.6 Å². The molecule has 3 heterocycles. The molecule has 0 bridgehead atoms. The van der Waals surface area contributed by atoms with Gasteiger partial charge in [0.05, 0.1) is 12.1 Å². The monoisotopic (exact) mass is 432 g/mol. The van der Waals surface area contributed by atoms with Gasteiger partial charge in [0.1, 0.15) is 10.5 Å². The second-order valence-corrected chi connectivity index (χ2v) is 9.69. The first-order valence-electron chi connectivity index (χ1n) is 9.17. The zero-order valence-electron chi connectivity index (χ0n) is 15.5. The van der Waals surface area contributed by atoms with Crippen molar-refractivity contribution in [2.75, 3.05) is 13.1 Å². The first-order valence-corrected chi connectivity index (χ1v) is 11.5. The van der Waals surface area contributed by atoms with Gasteiger partial charge < -0.3 is 4.90 Å². The van der Waals surface area contributed by atoms with Crippen LogP contribution in [0.15, 0.2) is 52.3 Å². The number of hydrogen-bond donors (Lipinski definition) is 1. The first-order chi connectivity index (χ1) is 14.0. The number of hydrogen-bond acceptors (Lipinski definition) is 7. The number of carbonyl (C=O) groups excluding carboxylic acids is 1. The third-order valence-corrected chi connectivity index (χ3v) is 7.75. The van der Waals surface area contributed by atoms with Crippen LogP contribution in [0.3, 0.4) is 0 Å². The minimum atomic E-state index is -3.48. The van der Waals surface area contributed by atoms with Gasteiger partial charge in [0.15, 0.2) is 0 Å². The topological polar surface area (TPSA) is 110 Å². The summed E-state index contributed by atoms with van der Waals surface area (Å²) in [7, 11) is -3.48. The SMILES string of the molecule is O=C(Cc1ccc(-n2cnnn2)cc1)N1CCC(NS(=O)(=O)c2cccs2)CC1. The minimum Gasteiger partial charge on any atom is -0.342 e. The number of tetrazole rings is 1. The number of carbonyl (C=O) groups is 1. The molecule has 0 saturated carbocycles. The van der Waals surface area contributed by atoms with Gasteiger partial charge in [-0.1, -0.05) is 18.2 Å². The molecule has 1 aliphatic rings. The maximum atomic E-state index is 12.6. The summed E-state index contributed by atoms with van der Waals surface area (Å²) in [5.41, 5.74) is 1.73. The van der Waals surface area contributed by atoms with Gasteiger partial charge >= 0.3 is 0 Å². The van der Waals surface area contributed by atoms with Gasteiger partial charge in [-0.15, -0.1) is 16.4 Å². The van der Waals surface area contributed by atoms with Gasteiger partial charge in [0, 0.05) is 19.1 Å². The second-order valence-electron chi connectivity index (χ2n) is 6.81. The Hall–Kier alpha value is -2.63. The minimum absolute atomic E-state index is 0.0414. The third kappa shape index (κ3) is 4.69. The highest BCUT2D eigenvalue weighted by Gasteiger charge is 2.27. The summed E-state index contributed by atoms with van der Waals surface area (Å²) in [5.74, 6) is 0.0414. The van der Waals surface area contributed by atoms with Crippen molar-refractivity contribution in [2.24, 2.45) is 0 Å². The van der Waals surface area contributed by atoms with E-state index in [1.54, 1.807) is 27.1 Å². The molecule has 11 heteroatoms. The maximum Gasteiger partial charge on any atom is 0.250 e. The van der Waals surface area contributed by atoms with Crippen molar-refractivity contribution in [3.05, 3.63) is 53.7 Å². The quantitative estimate of drug-likeness (QED) is 0.627. The number of amides is 1. The van der Waals surface area contributed by atoms with Crippen LogP contribution in [0, 0.1) is 0 Å². The van der Waals surface area contributed by atoms with Crippen LogP contribution in [0.25, 0.3) is 5.69 Å². The summed E-state index contributed by atoms with van der Waals surface area (Å²) in [6.07, 6.45) is 3.03. The Bertz CT molecular complexity index is 1040. The Balaban J connectivity index is 1.29. The van der Waals surface area contributed by atoms with E-state index in [9.17, 15) is 13.2 Å². The number of thiophene rings is 1. The average molecular weight is 433 g/mol. The van der Waals surface area contributed by atoms with Crippen molar-refractivity contribution in [1.82, 2.24) is 29.8 Å². The van der Waals surface area contributed by atoms with Crippen LogP contribution < -0.4 is 4.72 Å². The van der Waals surface area contributed by atoms with E-state index in [0.29, 0.717) is 36.6 Å². The Morgan fingerprint density at radius 1 is 1.17 bits per heavy atom. The molecule has 152 valence electrons. The van der Waals surface area contributed by atoms with Gasteiger partial charge in [-0.2, -0.15) is 0 Å². The lowest BCUT2D eigenvalue weighted by atomic mass is 10.0. The number of benzene rings is 1. The molecule has 0 spiro atoms. The van der Waals surface area contributed by atoms with E-state index in [2.05, 4.69) is 20.2 Å². The number of rotatable bonds is 6. The molecule has 0 atom stereocenters. The number of likely N-dealkylation sites (tertiary alicyclic amines) is 1. The predicted octanol–water partition coefficient (Wildman–Crippen LogP) is 1.24. The summed E-state index contributed by atoms with van der Waals surface area (Å²) in [5, 5.41) is 12.8. The van der Waals surface area contributed by atoms with Crippen LogP contribution in [0.4, 0.5) is 0 Å². The summed E-state index contributed by atoms with van der Waals surface area (Å²) in [6.45, 7) is 1.08. The predicted molar refractivity (Wildman–Crippen MR) is 107 cm³/mol. The van der Waals surface area contributed by atoms with Gasteiger partial charge in [0.25, 0.3) is 0 Å². The molecule has 1 fully saturated rings. The smallest absolute Gasteiger partial charge is 0.250 e. The van der Waals surface area contributed by atoms with Gasteiger partial charge in [-0.25, -0.2) is 17.8 Å². The van der Waals surface area contributed by atoms with Crippen LogP contribution in [0.2, 0.25) is 0 Å². The summed E-state index contributed by atoms with van der Waals surface area (Å²) in [4.78, 5) is 14.4. The fraction of sp³-hybridized carbons (Fsp3) is 0.333. The maximum absolute atomic E-state index is 12.6. The first kappa shape index (κ1) is 19.7. The van der Waals surface area contributed by atoms with E-state index in [1.165, 1.54) is 17.7 Å². The lowest BCUT2D eigenvalue weighted by Gasteiger charge is -2.32. The number of sulfonamides is 1. The lowest BCUT2D eigenvalue weighted by Crippen LogP contribution is -2.46. The van der Waals surface area contributed by atoms with Crippen molar-refractivity contribution in [2.45, 2.75) is 29.5 Å². The molecule has 0 aliphatic carbocycles. The van der Waals surface area contributed by atoms with Crippen LogP contribution in [-0.2, 0) is 21.2 Å². The highest BCUT2D eigenvalue weighted by molar-refractivity contribution is 7.91. The molecule has 3 aromatic rings. The molecular weight excluding hydrogens is 412 g/mol. The Kier molecular flexibility index (Phi) is 5.69. The Morgan fingerprint density at radius 3 is 2.55 bits per heavy atom. The molecule has 1 aliphatic heterocycles. The summed E-state index contributed by atoms with van der Waals surface area (Å²) in [6, 6.07) is 10.7. The van der Waals surface area contributed by atoms with Crippen LogP contribution in [0.5, 0.6) is 0 Å². The van der Waals surface area contributed by atoms with Crippen molar-refractivity contribution < 1.29 is 13.2 Å². The molecule has 1 N–H and O–H groups in total. The van der Waals surface area contributed by atoms with E-state index in [1.807, 2.05) is 24.3 Å². The molecule has 0 radical (unpaired) electrons. The van der Waals surface area contributed by atoms with Gasteiger partial charge in [0.2, 0.25) is 15.9 Å². The zero-order chi connectivity index (χ0) is 20.3. The van der Waals surface area contributed by atoms with Crippen molar-refractivity contribution in [3.63, 3.8) is 0 Å². The Labute approximate surface area is 172 Å². The standard InChI is InChI=1S/C18H20N6O3S2/c25-17(12-14-3-5-16(6-4-14)24-13-19-21-22-24)23-9-7-15(8-10-23)20-29(26,27)18-2-1-11-28-18/h1-6,11,13,15,20H,7-10,12H2. The van der Waals surface area contributed by atoms with Gasteiger partial charge in [-0.05, 0) is 52.4 Å². The number of nitrogens with one attached hydrogen (secondary N) is 1. The number of aromatic nitrogens is 4. The molecule has 9 nitrogen and oxygen atoms in total. The molecule has 1 saturated heterocycles.